The first-order valence-corrected chi connectivity index (χ1v) is 6.00. The van der Waals surface area contributed by atoms with Gasteiger partial charge < -0.3 is 4.74 Å². The van der Waals surface area contributed by atoms with E-state index in [-0.39, 0.29) is 17.8 Å². The van der Waals surface area contributed by atoms with E-state index in [1.807, 2.05) is 13.0 Å². The minimum Gasteiger partial charge on any atom is -0.466 e. The molecule has 0 bridgehead atoms. The van der Waals surface area contributed by atoms with Gasteiger partial charge in [-0.2, -0.15) is 0 Å². The number of benzene rings is 1. The van der Waals surface area contributed by atoms with Crippen molar-refractivity contribution in [1.82, 2.24) is 0 Å². The van der Waals surface area contributed by atoms with Gasteiger partial charge in [-0.25, -0.2) is 0 Å². The van der Waals surface area contributed by atoms with E-state index in [1.165, 1.54) is 0 Å². The Morgan fingerprint density at radius 2 is 2.25 bits per heavy atom. The van der Waals surface area contributed by atoms with Crippen molar-refractivity contribution in [3.05, 3.63) is 33.8 Å². The molecule has 1 fully saturated rings. The molecule has 0 spiro atoms. The van der Waals surface area contributed by atoms with Crippen LogP contribution in [0.1, 0.15) is 24.8 Å². The van der Waals surface area contributed by atoms with Crippen molar-refractivity contribution in [2.75, 3.05) is 6.61 Å². The summed E-state index contributed by atoms with van der Waals surface area (Å²) in [6.45, 7) is 2.23. The smallest absolute Gasteiger partial charge is 0.309 e. The van der Waals surface area contributed by atoms with E-state index >= 15 is 0 Å². The molecule has 0 aromatic heterocycles. The Hall–Kier alpha value is -0.730. The quantitative estimate of drug-likeness (QED) is 0.774. The maximum Gasteiger partial charge on any atom is 0.309 e. The Morgan fingerprint density at radius 3 is 2.94 bits per heavy atom. The van der Waals surface area contributed by atoms with Crippen molar-refractivity contribution in [3.8, 4) is 0 Å². The highest BCUT2D eigenvalue weighted by atomic mass is 35.5. The molecule has 2 unspecified atom stereocenters. The number of esters is 1. The Balaban J connectivity index is 2.11. The van der Waals surface area contributed by atoms with Crippen molar-refractivity contribution in [3.63, 3.8) is 0 Å². The predicted molar refractivity (Wildman–Crippen MR) is 63.9 cm³/mol. The molecule has 2 atom stereocenters. The van der Waals surface area contributed by atoms with Crippen LogP contribution in [0.15, 0.2) is 18.2 Å². The summed E-state index contributed by atoms with van der Waals surface area (Å²) in [6, 6.07) is 5.34. The fraction of sp³-hybridized carbons (Fsp3) is 0.417. The maximum atomic E-state index is 11.5. The first-order chi connectivity index (χ1) is 7.63. The molecule has 0 amide bonds. The van der Waals surface area contributed by atoms with Gasteiger partial charge in [0.05, 0.1) is 12.5 Å². The summed E-state index contributed by atoms with van der Waals surface area (Å²) in [5.41, 5.74) is 0.951. The highest BCUT2D eigenvalue weighted by Gasteiger charge is 2.46. The van der Waals surface area contributed by atoms with Crippen molar-refractivity contribution in [2.24, 2.45) is 5.92 Å². The minimum atomic E-state index is -0.136. The summed E-state index contributed by atoms with van der Waals surface area (Å²) in [4.78, 5) is 11.5. The maximum absolute atomic E-state index is 11.5. The summed E-state index contributed by atoms with van der Waals surface area (Å²) >= 11 is 12.0. The van der Waals surface area contributed by atoms with Crippen LogP contribution < -0.4 is 0 Å². The highest BCUT2D eigenvalue weighted by Crippen LogP contribution is 2.50. The standard InChI is InChI=1S/C12H12Cl2O2/c1-2-16-12(15)10-6-8(10)9-5-7(13)3-4-11(9)14/h3-5,8,10H,2,6H2,1H3. The number of carbonyl (C=O) groups excluding carboxylic acids is 1. The molecule has 1 aromatic carbocycles. The van der Waals surface area contributed by atoms with Gasteiger partial charge in [0.2, 0.25) is 0 Å². The molecular weight excluding hydrogens is 247 g/mol. The van der Waals surface area contributed by atoms with Crippen LogP contribution in [0.25, 0.3) is 0 Å². The zero-order valence-electron chi connectivity index (χ0n) is 8.87. The van der Waals surface area contributed by atoms with Crippen molar-refractivity contribution in [1.29, 1.82) is 0 Å². The van der Waals surface area contributed by atoms with Crippen LogP contribution in [0.2, 0.25) is 10.0 Å². The summed E-state index contributed by atoms with van der Waals surface area (Å²) in [6.07, 6.45) is 0.804. The summed E-state index contributed by atoms with van der Waals surface area (Å²) in [7, 11) is 0. The number of rotatable bonds is 3. The van der Waals surface area contributed by atoms with Crippen LogP contribution >= 0.6 is 23.2 Å². The zero-order valence-corrected chi connectivity index (χ0v) is 10.4. The molecule has 0 radical (unpaired) electrons. The van der Waals surface area contributed by atoms with Gasteiger partial charge in [-0.15, -0.1) is 0 Å². The van der Waals surface area contributed by atoms with E-state index in [4.69, 9.17) is 27.9 Å². The molecule has 2 rings (SSSR count). The van der Waals surface area contributed by atoms with Crippen LogP contribution in [0, 0.1) is 5.92 Å². The third kappa shape index (κ3) is 2.33. The Bertz CT molecular complexity index is 417. The number of halogens is 2. The van der Waals surface area contributed by atoms with Crippen LogP contribution in [-0.2, 0) is 9.53 Å². The van der Waals surface area contributed by atoms with Gasteiger partial charge in [-0.3, -0.25) is 4.79 Å². The molecule has 1 aliphatic carbocycles. The van der Waals surface area contributed by atoms with Crippen LogP contribution in [0.4, 0.5) is 0 Å². The van der Waals surface area contributed by atoms with Gasteiger partial charge in [-0.05, 0) is 43.0 Å². The molecule has 16 heavy (non-hydrogen) atoms. The van der Waals surface area contributed by atoms with Crippen molar-refractivity contribution < 1.29 is 9.53 Å². The van der Waals surface area contributed by atoms with E-state index in [0.29, 0.717) is 16.7 Å². The van der Waals surface area contributed by atoms with Gasteiger partial charge in [0.15, 0.2) is 0 Å². The van der Waals surface area contributed by atoms with Gasteiger partial charge in [0, 0.05) is 10.0 Å². The molecule has 1 aliphatic rings. The van der Waals surface area contributed by atoms with Gasteiger partial charge in [-0.1, -0.05) is 23.2 Å². The number of carbonyl (C=O) groups is 1. The molecule has 2 nitrogen and oxygen atoms in total. The molecule has 1 aromatic rings. The van der Waals surface area contributed by atoms with E-state index in [9.17, 15) is 4.79 Å². The molecule has 4 heteroatoms. The average molecular weight is 259 g/mol. The van der Waals surface area contributed by atoms with Crippen molar-refractivity contribution >= 4 is 29.2 Å². The topological polar surface area (TPSA) is 26.3 Å². The second-order valence-corrected chi connectivity index (χ2v) is 4.71. The molecule has 0 heterocycles. The normalized spacial score (nSPS) is 22.9. The van der Waals surface area contributed by atoms with E-state index in [0.717, 1.165) is 12.0 Å². The van der Waals surface area contributed by atoms with E-state index < -0.39 is 0 Å². The van der Waals surface area contributed by atoms with Crippen molar-refractivity contribution in [2.45, 2.75) is 19.3 Å². The molecule has 1 saturated carbocycles. The Kier molecular flexibility index (Phi) is 3.41. The van der Waals surface area contributed by atoms with Gasteiger partial charge in [0.25, 0.3) is 0 Å². The van der Waals surface area contributed by atoms with E-state index in [1.54, 1.807) is 12.1 Å². The Morgan fingerprint density at radius 1 is 1.50 bits per heavy atom. The first kappa shape index (κ1) is 11.7. The number of hydrogen-bond donors (Lipinski definition) is 0. The zero-order chi connectivity index (χ0) is 11.7. The Labute approximate surface area is 104 Å². The second-order valence-electron chi connectivity index (χ2n) is 3.87. The molecule has 86 valence electrons. The van der Waals surface area contributed by atoms with Gasteiger partial charge >= 0.3 is 5.97 Å². The number of ether oxygens (including phenoxy) is 1. The molecule has 0 aliphatic heterocycles. The fourth-order valence-electron chi connectivity index (χ4n) is 1.85. The fourth-order valence-corrected chi connectivity index (χ4v) is 2.29. The van der Waals surface area contributed by atoms with Crippen LogP contribution in [0.3, 0.4) is 0 Å². The SMILES string of the molecule is CCOC(=O)C1CC1c1cc(Cl)ccc1Cl. The highest BCUT2D eigenvalue weighted by molar-refractivity contribution is 6.33. The lowest BCUT2D eigenvalue weighted by molar-refractivity contribution is -0.144. The molecule has 0 saturated heterocycles. The van der Waals surface area contributed by atoms with Crippen LogP contribution in [0.5, 0.6) is 0 Å². The minimum absolute atomic E-state index is 0.0454. The summed E-state index contributed by atoms with van der Waals surface area (Å²) < 4.78 is 4.97. The lowest BCUT2D eigenvalue weighted by Gasteiger charge is -2.04. The lowest BCUT2D eigenvalue weighted by Crippen LogP contribution is -2.07. The summed E-state index contributed by atoms with van der Waals surface area (Å²) in [5, 5.41) is 1.31. The van der Waals surface area contributed by atoms with Crippen LogP contribution in [-0.4, -0.2) is 12.6 Å². The molecular formula is C12H12Cl2O2. The third-order valence-corrected chi connectivity index (χ3v) is 3.32. The van der Waals surface area contributed by atoms with E-state index in [2.05, 4.69) is 0 Å². The van der Waals surface area contributed by atoms with Gasteiger partial charge in [0.1, 0.15) is 0 Å². The molecule has 0 N–H and O–H groups in total. The monoisotopic (exact) mass is 258 g/mol. The number of hydrogen-bond acceptors (Lipinski definition) is 2. The largest absolute Gasteiger partial charge is 0.466 e. The lowest BCUT2D eigenvalue weighted by atomic mass is 10.1. The second kappa shape index (κ2) is 4.64. The first-order valence-electron chi connectivity index (χ1n) is 5.25. The average Bonchev–Trinajstić information content (AvgIpc) is 3.02. The summed E-state index contributed by atoms with van der Waals surface area (Å²) in [5.74, 6) is -0.00953. The third-order valence-electron chi connectivity index (χ3n) is 2.74. The predicted octanol–water partition coefficient (Wildman–Crippen LogP) is 3.66.